The van der Waals surface area contributed by atoms with Crippen LogP contribution in [0.5, 0.6) is 0 Å². The van der Waals surface area contributed by atoms with Crippen molar-refractivity contribution in [1.82, 2.24) is 0 Å². The maximum absolute atomic E-state index is 10.7. The Hall–Kier alpha value is -0.630. The van der Waals surface area contributed by atoms with Crippen LogP contribution in [0.1, 0.15) is 79.1 Å². The monoisotopic (exact) mass is 494 g/mol. The van der Waals surface area contributed by atoms with Gasteiger partial charge in [0.15, 0.2) is 0 Å². The van der Waals surface area contributed by atoms with E-state index in [1.807, 2.05) is 11.8 Å². The standard InChI is InChI=1S/C28H46O5S/c1-5-28(32,6-2)18-34-19(3)22-11-12-23-21(8-7-13-27(22,23)4)10-9-20-16-24(30)26(25(31)17-20)33-15-14-29/h9-11,19,23-26,29-32H,5-8,12-18H2,1-4H3/b20-9?,21-10+/t19-,23?,24+,25+,26?,27+/m0/s1. The van der Waals surface area contributed by atoms with Gasteiger partial charge in [-0.15, -0.1) is 0 Å². The molecule has 0 aromatic carbocycles. The number of allylic oxidation sites excluding steroid dienone is 4. The molecule has 1 unspecified atom stereocenters. The molecule has 0 aromatic heterocycles. The van der Waals surface area contributed by atoms with Crippen LogP contribution in [0, 0.1) is 11.3 Å². The number of hydrogen-bond acceptors (Lipinski definition) is 6. The summed E-state index contributed by atoms with van der Waals surface area (Å²) in [7, 11) is 0. The fourth-order valence-corrected chi connectivity index (χ4v) is 7.70. The third kappa shape index (κ3) is 6.19. The van der Waals surface area contributed by atoms with Gasteiger partial charge >= 0.3 is 0 Å². The van der Waals surface area contributed by atoms with Crippen molar-refractivity contribution in [2.24, 2.45) is 11.3 Å². The predicted octanol–water partition coefficient (Wildman–Crippen LogP) is 4.54. The first-order valence-corrected chi connectivity index (χ1v) is 14.2. The molecule has 4 N–H and O–H groups in total. The van der Waals surface area contributed by atoms with Gasteiger partial charge in [0.1, 0.15) is 6.10 Å². The lowest BCUT2D eigenvalue weighted by Crippen LogP contribution is -2.44. The minimum atomic E-state index is -0.751. The molecule has 5 atom stereocenters. The Balaban J connectivity index is 1.67. The highest BCUT2D eigenvalue weighted by molar-refractivity contribution is 8.00. The van der Waals surface area contributed by atoms with Gasteiger partial charge in [0.2, 0.25) is 0 Å². The minimum absolute atomic E-state index is 0.115. The average molecular weight is 495 g/mol. The highest BCUT2D eigenvalue weighted by Crippen LogP contribution is 2.57. The van der Waals surface area contributed by atoms with Crippen LogP contribution in [0.3, 0.4) is 0 Å². The van der Waals surface area contributed by atoms with Crippen molar-refractivity contribution in [3.63, 3.8) is 0 Å². The van der Waals surface area contributed by atoms with Gasteiger partial charge in [0, 0.05) is 11.0 Å². The largest absolute Gasteiger partial charge is 0.394 e. The predicted molar refractivity (Wildman–Crippen MR) is 140 cm³/mol. The summed E-state index contributed by atoms with van der Waals surface area (Å²) >= 11 is 1.89. The Morgan fingerprint density at radius 2 is 1.88 bits per heavy atom. The summed E-state index contributed by atoms with van der Waals surface area (Å²) < 4.78 is 5.44. The molecule has 0 heterocycles. The van der Waals surface area contributed by atoms with E-state index >= 15 is 0 Å². The molecule has 0 radical (unpaired) electrons. The van der Waals surface area contributed by atoms with Crippen molar-refractivity contribution in [3.05, 3.63) is 34.9 Å². The number of aliphatic hydroxyl groups excluding tert-OH is 3. The summed E-state index contributed by atoms with van der Waals surface area (Å²) in [5.74, 6) is 1.29. The van der Waals surface area contributed by atoms with E-state index in [0.29, 0.717) is 24.0 Å². The topological polar surface area (TPSA) is 90.2 Å². The molecule has 3 aliphatic rings. The highest BCUT2D eigenvalue weighted by atomic mass is 32.2. The molecule has 0 spiro atoms. The van der Waals surface area contributed by atoms with Gasteiger partial charge in [-0.1, -0.05) is 55.7 Å². The molecule has 34 heavy (non-hydrogen) atoms. The highest BCUT2D eigenvalue weighted by Gasteiger charge is 2.46. The van der Waals surface area contributed by atoms with Gasteiger partial charge in [0.05, 0.1) is 31.0 Å². The van der Waals surface area contributed by atoms with E-state index in [1.54, 1.807) is 5.57 Å². The molecule has 2 saturated carbocycles. The van der Waals surface area contributed by atoms with Gasteiger partial charge < -0.3 is 25.2 Å². The van der Waals surface area contributed by atoms with Gasteiger partial charge in [-0.05, 0) is 69.6 Å². The third-order valence-electron chi connectivity index (χ3n) is 8.60. The number of hydrogen-bond donors (Lipinski definition) is 4. The van der Waals surface area contributed by atoms with Gasteiger partial charge in [-0.25, -0.2) is 0 Å². The summed E-state index contributed by atoms with van der Waals surface area (Å²) in [5, 5.41) is 41.0. The molecule has 3 rings (SSSR count). The molecule has 0 saturated heterocycles. The SMILES string of the molecule is CCC(O)(CC)CS[C@@H](C)C1=CCC2/C(=C/C=C3C[C@@H](O)C(OCCO)[C@H](O)C3)CCC[C@]12C. The van der Waals surface area contributed by atoms with Gasteiger partial charge in [-0.2, -0.15) is 11.8 Å². The van der Waals surface area contributed by atoms with E-state index in [9.17, 15) is 15.3 Å². The van der Waals surface area contributed by atoms with Crippen LogP contribution in [0.4, 0.5) is 0 Å². The van der Waals surface area contributed by atoms with Crippen LogP contribution in [-0.4, -0.2) is 68.6 Å². The summed E-state index contributed by atoms with van der Waals surface area (Å²) in [4.78, 5) is 0. The molecule has 0 bridgehead atoms. The zero-order chi connectivity index (χ0) is 24.9. The molecule has 6 heteroatoms. The smallest absolute Gasteiger partial charge is 0.110 e. The maximum atomic E-state index is 10.7. The van der Waals surface area contributed by atoms with Crippen LogP contribution >= 0.6 is 11.8 Å². The first-order valence-electron chi connectivity index (χ1n) is 13.2. The Kier molecular flexibility index (Phi) is 9.92. The number of rotatable bonds is 10. The lowest BCUT2D eigenvalue weighted by Gasteiger charge is -2.42. The average Bonchev–Trinajstić information content (AvgIpc) is 3.18. The number of fused-ring (bicyclic) bond motifs is 1. The fraction of sp³-hybridized carbons (Fsp3) is 0.786. The van der Waals surface area contributed by atoms with E-state index in [4.69, 9.17) is 9.84 Å². The molecule has 194 valence electrons. The second kappa shape index (κ2) is 12.1. The Morgan fingerprint density at radius 1 is 1.21 bits per heavy atom. The van der Waals surface area contributed by atoms with E-state index in [-0.39, 0.29) is 18.6 Å². The summed E-state index contributed by atoms with van der Waals surface area (Å²) in [6.45, 7) is 8.88. The normalized spacial score (nSPS) is 34.2. The van der Waals surface area contributed by atoms with Crippen LogP contribution in [0.25, 0.3) is 0 Å². The fourth-order valence-electron chi connectivity index (χ4n) is 6.19. The number of aliphatic hydroxyl groups is 4. The Bertz CT molecular complexity index is 757. The molecule has 0 amide bonds. The summed E-state index contributed by atoms with van der Waals surface area (Å²) in [6.07, 6.45) is 11.8. The van der Waals surface area contributed by atoms with E-state index in [1.165, 1.54) is 18.4 Å². The van der Waals surface area contributed by atoms with E-state index < -0.39 is 23.9 Å². The first kappa shape index (κ1) is 27.9. The quantitative estimate of drug-likeness (QED) is 0.333. The molecular formula is C28H46O5S. The van der Waals surface area contributed by atoms with Crippen molar-refractivity contribution in [1.29, 1.82) is 0 Å². The van der Waals surface area contributed by atoms with Gasteiger partial charge in [0.25, 0.3) is 0 Å². The van der Waals surface area contributed by atoms with Crippen molar-refractivity contribution >= 4 is 11.8 Å². The zero-order valence-electron chi connectivity index (χ0n) is 21.5. The molecule has 0 aliphatic heterocycles. The van der Waals surface area contributed by atoms with Crippen LogP contribution in [0.15, 0.2) is 34.9 Å². The summed E-state index contributed by atoms with van der Waals surface area (Å²) in [6, 6.07) is 0. The Morgan fingerprint density at radius 3 is 2.50 bits per heavy atom. The summed E-state index contributed by atoms with van der Waals surface area (Å²) in [5.41, 5.74) is 3.67. The second-order valence-electron chi connectivity index (χ2n) is 10.8. The Labute approximate surface area is 210 Å². The van der Waals surface area contributed by atoms with Crippen molar-refractivity contribution < 1.29 is 25.2 Å². The third-order valence-corrected chi connectivity index (χ3v) is 10.1. The van der Waals surface area contributed by atoms with Crippen molar-refractivity contribution in [2.45, 2.75) is 108 Å². The van der Waals surface area contributed by atoms with Crippen molar-refractivity contribution in [3.8, 4) is 0 Å². The maximum Gasteiger partial charge on any atom is 0.110 e. The van der Waals surface area contributed by atoms with Crippen LogP contribution in [-0.2, 0) is 4.74 Å². The minimum Gasteiger partial charge on any atom is -0.394 e. The number of ether oxygens (including phenoxy) is 1. The number of thioether (sulfide) groups is 1. The van der Waals surface area contributed by atoms with Crippen molar-refractivity contribution in [2.75, 3.05) is 19.0 Å². The molecular weight excluding hydrogens is 448 g/mol. The van der Waals surface area contributed by atoms with E-state index in [0.717, 1.165) is 37.0 Å². The zero-order valence-corrected chi connectivity index (χ0v) is 22.3. The lowest BCUT2D eigenvalue weighted by atomic mass is 9.64. The lowest BCUT2D eigenvalue weighted by molar-refractivity contribution is -0.115. The first-order chi connectivity index (χ1) is 16.2. The molecule has 3 aliphatic carbocycles. The van der Waals surface area contributed by atoms with Gasteiger partial charge in [-0.3, -0.25) is 0 Å². The molecule has 5 nitrogen and oxygen atoms in total. The van der Waals surface area contributed by atoms with Crippen LogP contribution in [0.2, 0.25) is 0 Å². The van der Waals surface area contributed by atoms with Crippen LogP contribution < -0.4 is 0 Å². The second-order valence-corrected chi connectivity index (χ2v) is 12.1. The molecule has 0 aromatic rings. The molecule has 2 fully saturated rings. The van der Waals surface area contributed by atoms with E-state index in [2.05, 4.69) is 45.9 Å².